The maximum atomic E-state index is 13.3. The zero-order valence-electron chi connectivity index (χ0n) is 21.8. The molecule has 2 aromatic rings. The van der Waals surface area contributed by atoms with Gasteiger partial charge in [0.15, 0.2) is 0 Å². The molecule has 0 unspecified atom stereocenters. The maximum absolute atomic E-state index is 13.3. The number of sulfonamides is 1. The van der Waals surface area contributed by atoms with Crippen molar-refractivity contribution in [1.82, 2.24) is 10.2 Å². The molecule has 0 saturated heterocycles. The van der Waals surface area contributed by atoms with Crippen LogP contribution in [0.4, 0.5) is 5.69 Å². The number of halogens is 1. The monoisotopic (exact) mass is 535 g/mol. The zero-order chi connectivity index (χ0) is 26.9. The van der Waals surface area contributed by atoms with Crippen LogP contribution in [0.5, 0.6) is 0 Å². The summed E-state index contributed by atoms with van der Waals surface area (Å²) in [6.45, 7) is 8.63. The van der Waals surface area contributed by atoms with Crippen LogP contribution < -0.4 is 9.62 Å². The minimum absolute atomic E-state index is 0.113. The number of carbonyl (C=O) groups is 2. The second kappa shape index (κ2) is 13.7. The van der Waals surface area contributed by atoms with E-state index in [1.807, 2.05) is 51.1 Å². The SMILES string of the molecule is Cc1ccc(Cl)cc1N(CCCC(=O)N(CCc1ccccc1)[C@H](C)C(=O)NCC(C)C)S(C)(=O)=O. The van der Waals surface area contributed by atoms with Gasteiger partial charge in [0, 0.05) is 31.1 Å². The van der Waals surface area contributed by atoms with E-state index < -0.39 is 16.1 Å². The van der Waals surface area contributed by atoms with Gasteiger partial charge < -0.3 is 10.2 Å². The molecule has 0 fully saturated rings. The Kier molecular flexibility index (Phi) is 11.2. The van der Waals surface area contributed by atoms with Gasteiger partial charge >= 0.3 is 0 Å². The summed E-state index contributed by atoms with van der Waals surface area (Å²) >= 11 is 6.11. The lowest BCUT2D eigenvalue weighted by Gasteiger charge is -2.30. The predicted molar refractivity (Wildman–Crippen MR) is 147 cm³/mol. The summed E-state index contributed by atoms with van der Waals surface area (Å²) in [6.07, 6.45) is 2.18. The smallest absolute Gasteiger partial charge is 0.242 e. The third-order valence-corrected chi connectivity index (χ3v) is 7.34. The van der Waals surface area contributed by atoms with Crippen LogP contribution >= 0.6 is 11.6 Å². The van der Waals surface area contributed by atoms with Crippen LogP contribution in [-0.2, 0) is 26.0 Å². The summed E-state index contributed by atoms with van der Waals surface area (Å²) in [5.74, 6) is -0.0848. The number of aryl methyl sites for hydroxylation is 1. The minimum atomic E-state index is -3.58. The Morgan fingerprint density at radius 1 is 1.03 bits per heavy atom. The number of hydrogen-bond donors (Lipinski definition) is 1. The normalized spacial score (nSPS) is 12.3. The topological polar surface area (TPSA) is 86.8 Å². The Hall–Kier alpha value is -2.58. The van der Waals surface area contributed by atoms with Crippen molar-refractivity contribution >= 4 is 39.1 Å². The van der Waals surface area contributed by atoms with Gasteiger partial charge in [0.25, 0.3) is 0 Å². The van der Waals surface area contributed by atoms with E-state index >= 15 is 0 Å². The Bertz CT molecular complexity index is 1120. The van der Waals surface area contributed by atoms with E-state index in [0.29, 0.717) is 42.6 Å². The van der Waals surface area contributed by atoms with Crippen LogP contribution in [0.1, 0.15) is 44.7 Å². The first-order valence-electron chi connectivity index (χ1n) is 12.2. The van der Waals surface area contributed by atoms with Crippen molar-refractivity contribution in [3.63, 3.8) is 0 Å². The first kappa shape index (κ1) is 29.6. The molecular weight excluding hydrogens is 498 g/mol. The van der Waals surface area contributed by atoms with Gasteiger partial charge in [-0.1, -0.05) is 61.8 Å². The second-order valence-corrected chi connectivity index (χ2v) is 11.9. The van der Waals surface area contributed by atoms with Crippen LogP contribution in [0.2, 0.25) is 5.02 Å². The fraction of sp³-hybridized carbons (Fsp3) is 0.481. The minimum Gasteiger partial charge on any atom is -0.354 e. The van der Waals surface area contributed by atoms with Crippen LogP contribution in [0, 0.1) is 12.8 Å². The van der Waals surface area contributed by atoms with E-state index in [1.54, 1.807) is 30.0 Å². The van der Waals surface area contributed by atoms with Crippen molar-refractivity contribution in [1.29, 1.82) is 0 Å². The molecule has 0 aliphatic carbocycles. The molecule has 0 heterocycles. The molecule has 1 N–H and O–H groups in total. The summed E-state index contributed by atoms with van der Waals surface area (Å²) in [4.78, 5) is 27.7. The van der Waals surface area contributed by atoms with Crippen molar-refractivity contribution in [2.45, 2.75) is 53.0 Å². The van der Waals surface area contributed by atoms with E-state index in [-0.39, 0.29) is 24.8 Å². The van der Waals surface area contributed by atoms with E-state index in [1.165, 1.54) is 4.31 Å². The molecule has 1 atom stereocenters. The van der Waals surface area contributed by atoms with Crippen molar-refractivity contribution in [3.05, 3.63) is 64.7 Å². The van der Waals surface area contributed by atoms with Gasteiger partial charge in [0.1, 0.15) is 6.04 Å². The molecular formula is C27H38ClN3O4S. The van der Waals surface area contributed by atoms with E-state index in [9.17, 15) is 18.0 Å². The Morgan fingerprint density at radius 3 is 2.31 bits per heavy atom. The summed E-state index contributed by atoms with van der Waals surface area (Å²) in [6, 6.07) is 14.3. The molecule has 2 amide bonds. The van der Waals surface area contributed by atoms with Gasteiger partial charge in [-0.25, -0.2) is 8.42 Å². The third kappa shape index (κ3) is 9.13. The molecule has 0 bridgehead atoms. The zero-order valence-corrected chi connectivity index (χ0v) is 23.4. The van der Waals surface area contributed by atoms with Crippen molar-refractivity contribution < 1.29 is 18.0 Å². The Morgan fingerprint density at radius 2 is 1.69 bits per heavy atom. The van der Waals surface area contributed by atoms with Gasteiger partial charge in [-0.2, -0.15) is 0 Å². The first-order chi connectivity index (χ1) is 16.9. The number of nitrogens with zero attached hydrogens (tertiary/aromatic N) is 2. The van der Waals surface area contributed by atoms with Crippen LogP contribution in [0.3, 0.4) is 0 Å². The molecule has 0 aromatic heterocycles. The molecule has 2 rings (SSSR count). The van der Waals surface area contributed by atoms with Gasteiger partial charge in [0.05, 0.1) is 11.9 Å². The highest BCUT2D eigenvalue weighted by Crippen LogP contribution is 2.26. The summed E-state index contributed by atoms with van der Waals surface area (Å²) in [7, 11) is -3.58. The molecule has 198 valence electrons. The first-order valence-corrected chi connectivity index (χ1v) is 14.5. The average molecular weight is 536 g/mol. The highest BCUT2D eigenvalue weighted by molar-refractivity contribution is 7.92. The largest absolute Gasteiger partial charge is 0.354 e. The van der Waals surface area contributed by atoms with Gasteiger partial charge in [0.2, 0.25) is 21.8 Å². The summed E-state index contributed by atoms with van der Waals surface area (Å²) in [5, 5.41) is 3.35. The molecule has 36 heavy (non-hydrogen) atoms. The highest BCUT2D eigenvalue weighted by Gasteiger charge is 2.26. The van der Waals surface area contributed by atoms with Crippen LogP contribution in [-0.4, -0.2) is 57.1 Å². The van der Waals surface area contributed by atoms with Crippen LogP contribution in [0.25, 0.3) is 0 Å². The molecule has 9 heteroatoms. The Labute approximate surface area is 220 Å². The number of hydrogen-bond acceptors (Lipinski definition) is 4. The lowest BCUT2D eigenvalue weighted by Crippen LogP contribution is -2.49. The molecule has 0 aliphatic heterocycles. The maximum Gasteiger partial charge on any atom is 0.242 e. The predicted octanol–water partition coefficient (Wildman–Crippen LogP) is 4.43. The van der Waals surface area contributed by atoms with Crippen molar-refractivity contribution in [2.75, 3.05) is 30.2 Å². The number of benzene rings is 2. The third-order valence-electron chi connectivity index (χ3n) is 5.93. The molecule has 0 spiro atoms. The van der Waals surface area contributed by atoms with Crippen LogP contribution in [0.15, 0.2) is 48.5 Å². The van der Waals surface area contributed by atoms with Gasteiger partial charge in [-0.15, -0.1) is 0 Å². The number of nitrogens with one attached hydrogen (secondary N) is 1. The number of amides is 2. The lowest BCUT2D eigenvalue weighted by atomic mass is 10.1. The van der Waals surface area contributed by atoms with E-state index in [2.05, 4.69) is 5.32 Å². The van der Waals surface area contributed by atoms with E-state index in [0.717, 1.165) is 17.4 Å². The molecule has 0 radical (unpaired) electrons. The quantitative estimate of drug-likeness (QED) is 0.411. The molecule has 7 nitrogen and oxygen atoms in total. The standard InChI is InChI=1S/C27H38ClN3O4S/c1-20(2)19-29-27(33)22(4)30(17-15-23-10-7-6-8-11-23)26(32)12-9-16-31(36(5,34)35)25-18-24(28)14-13-21(25)3/h6-8,10-11,13-14,18,20,22H,9,12,15-17,19H2,1-5H3,(H,29,33)/t22-/m1/s1. The summed E-state index contributed by atoms with van der Waals surface area (Å²) in [5.41, 5.74) is 2.35. The average Bonchev–Trinajstić information content (AvgIpc) is 2.81. The Balaban J connectivity index is 2.13. The lowest BCUT2D eigenvalue weighted by molar-refractivity contribution is -0.140. The molecule has 0 saturated carbocycles. The molecule has 2 aromatic carbocycles. The molecule has 0 aliphatic rings. The van der Waals surface area contributed by atoms with E-state index in [4.69, 9.17) is 11.6 Å². The van der Waals surface area contributed by atoms with Crippen molar-refractivity contribution in [2.24, 2.45) is 5.92 Å². The summed E-state index contributed by atoms with van der Waals surface area (Å²) < 4.78 is 26.3. The number of rotatable bonds is 13. The number of anilines is 1. The van der Waals surface area contributed by atoms with Gasteiger partial charge in [-0.3, -0.25) is 13.9 Å². The fourth-order valence-electron chi connectivity index (χ4n) is 3.86. The van der Waals surface area contributed by atoms with Crippen molar-refractivity contribution in [3.8, 4) is 0 Å². The number of carbonyl (C=O) groups excluding carboxylic acids is 2. The fourth-order valence-corrected chi connectivity index (χ4v) is 5.04. The second-order valence-electron chi connectivity index (χ2n) is 9.51. The van der Waals surface area contributed by atoms with Gasteiger partial charge in [-0.05, 0) is 55.9 Å². The highest BCUT2D eigenvalue weighted by atomic mass is 35.5.